The van der Waals surface area contributed by atoms with Gasteiger partial charge in [0.05, 0.1) is 0 Å². The predicted molar refractivity (Wildman–Crippen MR) is 93.0 cm³/mol. The van der Waals surface area contributed by atoms with Crippen molar-refractivity contribution < 1.29 is 0 Å². The lowest BCUT2D eigenvalue weighted by Crippen LogP contribution is -2.41. The molecule has 5 heteroatoms. The van der Waals surface area contributed by atoms with Gasteiger partial charge in [-0.2, -0.15) is 0 Å². The molecule has 1 saturated carbocycles. The van der Waals surface area contributed by atoms with E-state index in [1.54, 1.807) is 0 Å². The number of halogens is 1. The number of hydrogen-bond acceptors (Lipinski definition) is 1. The Kier molecular flexibility index (Phi) is 4.66. The van der Waals surface area contributed by atoms with Gasteiger partial charge in [-0.15, -0.1) is 0 Å². The molecule has 21 heavy (non-hydrogen) atoms. The first-order chi connectivity index (χ1) is 10.2. The third kappa shape index (κ3) is 3.69. The van der Waals surface area contributed by atoms with Gasteiger partial charge in [-0.05, 0) is 55.2 Å². The zero-order valence-corrected chi connectivity index (χ0v) is 13.5. The Morgan fingerprint density at radius 1 is 1.33 bits per heavy atom. The number of benzene rings is 1. The second-order valence-electron chi connectivity index (χ2n) is 5.64. The fraction of sp³-hybridized carbons (Fsp3) is 0.438. The summed E-state index contributed by atoms with van der Waals surface area (Å²) in [6.45, 7) is 0.831. The molecular formula is C16H20ClN3S. The second-order valence-corrected chi connectivity index (χ2v) is 6.48. The van der Waals surface area contributed by atoms with Gasteiger partial charge >= 0.3 is 0 Å². The molecule has 0 amide bonds. The minimum absolute atomic E-state index is 0.567. The number of hydrogen-bond donors (Lipinski definition) is 3. The molecule has 0 unspecified atom stereocenters. The molecule has 3 N–H and O–H groups in total. The predicted octanol–water partition coefficient (Wildman–Crippen LogP) is 3.77. The first-order valence-electron chi connectivity index (χ1n) is 7.52. The number of fused-ring (bicyclic) bond motifs is 1. The topological polar surface area (TPSA) is 39.9 Å². The molecule has 1 heterocycles. The van der Waals surface area contributed by atoms with Crippen LogP contribution in [0.25, 0.3) is 10.9 Å². The van der Waals surface area contributed by atoms with Gasteiger partial charge in [-0.1, -0.05) is 24.4 Å². The molecule has 3 rings (SSSR count). The van der Waals surface area contributed by atoms with Crippen molar-refractivity contribution in [1.29, 1.82) is 0 Å². The van der Waals surface area contributed by atoms with Crippen LogP contribution in [0, 0.1) is 0 Å². The van der Waals surface area contributed by atoms with Crippen molar-refractivity contribution in [2.24, 2.45) is 0 Å². The van der Waals surface area contributed by atoms with Gasteiger partial charge < -0.3 is 15.6 Å². The maximum Gasteiger partial charge on any atom is 0.166 e. The summed E-state index contributed by atoms with van der Waals surface area (Å²) in [6.07, 6.45) is 8.08. The Morgan fingerprint density at radius 2 is 2.14 bits per heavy atom. The highest BCUT2D eigenvalue weighted by Gasteiger charge is 2.15. The zero-order valence-electron chi connectivity index (χ0n) is 11.9. The zero-order chi connectivity index (χ0) is 14.7. The number of rotatable bonds is 4. The Morgan fingerprint density at radius 3 is 2.95 bits per heavy atom. The molecule has 1 fully saturated rings. The van der Waals surface area contributed by atoms with Crippen LogP contribution < -0.4 is 10.6 Å². The summed E-state index contributed by atoms with van der Waals surface area (Å²) in [4.78, 5) is 3.28. The Labute approximate surface area is 135 Å². The Hall–Kier alpha value is -1.26. The van der Waals surface area contributed by atoms with Crippen LogP contribution in [0.5, 0.6) is 0 Å². The average molecular weight is 322 g/mol. The van der Waals surface area contributed by atoms with Crippen molar-refractivity contribution >= 4 is 39.8 Å². The SMILES string of the molecule is S=C(NCCc1c[nH]c2ccc(Cl)cc12)NC1CCCC1. The summed E-state index contributed by atoms with van der Waals surface area (Å²) in [5, 5.41) is 9.44. The molecule has 0 aliphatic heterocycles. The molecule has 1 aliphatic rings. The van der Waals surface area contributed by atoms with Gasteiger partial charge in [0.2, 0.25) is 0 Å². The lowest BCUT2D eigenvalue weighted by atomic mass is 10.1. The highest BCUT2D eigenvalue weighted by Crippen LogP contribution is 2.22. The number of nitrogens with one attached hydrogen (secondary N) is 3. The van der Waals surface area contributed by atoms with Gasteiger partial charge in [0.25, 0.3) is 0 Å². The molecule has 1 aromatic carbocycles. The molecule has 2 aromatic rings. The molecule has 1 aliphatic carbocycles. The smallest absolute Gasteiger partial charge is 0.166 e. The first kappa shape index (κ1) is 14.7. The number of thiocarbonyl (C=S) groups is 1. The van der Waals surface area contributed by atoms with E-state index in [9.17, 15) is 0 Å². The number of H-pyrrole nitrogens is 1. The van der Waals surface area contributed by atoms with Crippen LogP contribution in [-0.4, -0.2) is 22.7 Å². The first-order valence-corrected chi connectivity index (χ1v) is 8.31. The molecule has 0 bridgehead atoms. The maximum atomic E-state index is 6.07. The highest BCUT2D eigenvalue weighted by molar-refractivity contribution is 7.80. The van der Waals surface area contributed by atoms with Gasteiger partial charge in [0.1, 0.15) is 0 Å². The van der Waals surface area contributed by atoms with Crippen molar-refractivity contribution in [3.8, 4) is 0 Å². The van der Waals surface area contributed by atoms with Gasteiger partial charge in [0, 0.05) is 34.7 Å². The molecule has 112 valence electrons. The summed E-state index contributed by atoms with van der Waals surface area (Å²) in [7, 11) is 0. The lowest BCUT2D eigenvalue weighted by molar-refractivity contribution is 0.621. The van der Waals surface area contributed by atoms with Crippen LogP contribution in [0.4, 0.5) is 0 Å². The minimum atomic E-state index is 0.567. The number of aromatic amines is 1. The fourth-order valence-corrected chi connectivity index (χ4v) is 3.42. The van der Waals surface area contributed by atoms with Crippen LogP contribution in [0.2, 0.25) is 5.02 Å². The third-order valence-electron chi connectivity index (χ3n) is 4.10. The van der Waals surface area contributed by atoms with E-state index in [1.165, 1.54) is 36.6 Å². The molecule has 0 spiro atoms. The summed E-state index contributed by atoms with van der Waals surface area (Å²) < 4.78 is 0. The summed E-state index contributed by atoms with van der Waals surface area (Å²) >= 11 is 11.4. The van der Waals surface area contributed by atoms with Gasteiger partial charge in [-0.3, -0.25) is 0 Å². The fourth-order valence-electron chi connectivity index (χ4n) is 2.97. The van der Waals surface area contributed by atoms with E-state index in [-0.39, 0.29) is 0 Å². The van der Waals surface area contributed by atoms with E-state index < -0.39 is 0 Å². The third-order valence-corrected chi connectivity index (χ3v) is 4.60. The Bertz CT molecular complexity index is 631. The van der Waals surface area contributed by atoms with Crippen molar-refractivity contribution in [2.75, 3.05) is 6.54 Å². The van der Waals surface area contributed by atoms with Gasteiger partial charge in [0.15, 0.2) is 5.11 Å². The standard InChI is InChI=1S/C16H20ClN3S/c17-12-5-6-15-14(9-12)11(10-19-15)7-8-18-16(21)20-13-3-1-2-4-13/h5-6,9-10,13,19H,1-4,7-8H2,(H2,18,20,21). The van der Waals surface area contributed by atoms with E-state index in [1.807, 2.05) is 18.2 Å². The summed E-state index contributed by atoms with van der Waals surface area (Å²) in [6, 6.07) is 6.50. The largest absolute Gasteiger partial charge is 0.362 e. The van der Waals surface area contributed by atoms with E-state index in [0.29, 0.717) is 6.04 Å². The van der Waals surface area contributed by atoms with Crippen LogP contribution in [-0.2, 0) is 6.42 Å². The van der Waals surface area contributed by atoms with Crippen molar-refractivity contribution in [3.63, 3.8) is 0 Å². The van der Waals surface area contributed by atoms with E-state index in [0.717, 1.165) is 28.6 Å². The quantitative estimate of drug-likeness (QED) is 0.751. The van der Waals surface area contributed by atoms with Crippen LogP contribution in [0.15, 0.2) is 24.4 Å². The minimum Gasteiger partial charge on any atom is -0.362 e. The molecule has 3 nitrogen and oxygen atoms in total. The number of aromatic nitrogens is 1. The molecule has 0 radical (unpaired) electrons. The average Bonchev–Trinajstić information content (AvgIpc) is 3.09. The highest BCUT2D eigenvalue weighted by atomic mass is 35.5. The lowest BCUT2D eigenvalue weighted by Gasteiger charge is -2.15. The van der Waals surface area contributed by atoms with Crippen molar-refractivity contribution in [1.82, 2.24) is 15.6 Å². The van der Waals surface area contributed by atoms with Crippen LogP contribution in [0.3, 0.4) is 0 Å². The summed E-state index contributed by atoms with van der Waals surface area (Å²) in [5.74, 6) is 0. The molecule has 1 aromatic heterocycles. The van der Waals surface area contributed by atoms with Gasteiger partial charge in [-0.25, -0.2) is 0 Å². The van der Waals surface area contributed by atoms with Crippen molar-refractivity contribution in [2.45, 2.75) is 38.1 Å². The van der Waals surface area contributed by atoms with E-state index in [2.05, 4.69) is 21.8 Å². The summed E-state index contributed by atoms with van der Waals surface area (Å²) in [5.41, 5.74) is 2.39. The molecule has 0 atom stereocenters. The van der Waals surface area contributed by atoms with Crippen molar-refractivity contribution in [3.05, 3.63) is 35.0 Å². The molecular weight excluding hydrogens is 302 g/mol. The maximum absolute atomic E-state index is 6.07. The van der Waals surface area contributed by atoms with E-state index in [4.69, 9.17) is 23.8 Å². The Balaban J connectivity index is 1.52. The van der Waals surface area contributed by atoms with E-state index >= 15 is 0 Å². The second kappa shape index (κ2) is 6.67. The monoisotopic (exact) mass is 321 g/mol. The van der Waals surface area contributed by atoms with Crippen LogP contribution >= 0.6 is 23.8 Å². The molecule has 0 saturated heterocycles. The van der Waals surface area contributed by atoms with Crippen LogP contribution in [0.1, 0.15) is 31.2 Å². The normalized spacial score (nSPS) is 15.5.